The molecule has 0 aliphatic carbocycles. The van der Waals surface area contributed by atoms with Crippen LogP contribution in [0.15, 0.2) is 60.7 Å². The first-order valence-electron chi connectivity index (χ1n) is 9.39. The largest absolute Gasteiger partial charge is 0.369 e. The lowest BCUT2D eigenvalue weighted by atomic mass is 9.71. The molecule has 3 rings (SSSR count). The van der Waals surface area contributed by atoms with Gasteiger partial charge in [0.15, 0.2) is 0 Å². The zero-order valence-corrected chi connectivity index (χ0v) is 15.2. The minimum atomic E-state index is -0.758. The number of hydrogen-bond donors (Lipinski definition) is 1. The second-order valence-corrected chi connectivity index (χ2v) is 7.29. The van der Waals surface area contributed by atoms with Gasteiger partial charge in [-0.1, -0.05) is 60.7 Å². The average Bonchev–Trinajstić information content (AvgIpc) is 3.13. The summed E-state index contributed by atoms with van der Waals surface area (Å²) < 4.78 is 1.11. The van der Waals surface area contributed by atoms with Crippen molar-refractivity contribution in [3.63, 3.8) is 0 Å². The number of nitrogens with zero attached hydrogens (tertiary/aromatic N) is 1. The first kappa shape index (κ1) is 17.7. The molecule has 1 aliphatic heterocycles. The first-order valence-corrected chi connectivity index (χ1v) is 9.39. The fourth-order valence-electron chi connectivity index (χ4n) is 4.42. The van der Waals surface area contributed by atoms with Gasteiger partial charge in [-0.15, -0.1) is 0 Å². The fraction of sp³-hybridized carbons (Fsp3) is 0.409. The van der Waals surface area contributed by atoms with Gasteiger partial charge in [-0.25, -0.2) is 0 Å². The van der Waals surface area contributed by atoms with Crippen LogP contribution in [-0.4, -0.2) is 36.6 Å². The van der Waals surface area contributed by atoms with Crippen molar-refractivity contribution in [3.05, 3.63) is 71.8 Å². The standard InChI is InChI=1S/C22H28N2O/c1-2-24(16-9-10-17-24)18-15-22(21(23)25,19-11-5-3-6-12-19)20-13-7-4-8-14-20/h3-8,11-14H,2,9-10,15-18H2,1H3,(H-,23,25)/p+1. The summed E-state index contributed by atoms with van der Waals surface area (Å²) in [4.78, 5) is 12.8. The Morgan fingerprint density at radius 2 is 1.44 bits per heavy atom. The Kier molecular flexibility index (Phi) is 5.24. The average molecular weight is 337 g/mol. The van der Waals surface area contributed by atoms with E-state index < -0.39 is 5.41 Å². The second-order valence-electron chi connectivity index (χ2n) is 7.29. The van der Waals surface area contributed by atoms with E-state index in [1.165, 1.54) is 25.9 Å². The van der Waals surface area contributed by atoms with E-state index in [0.717, 1.165) is 35.1 Å². The van der Waals surface area contributed by atoms with Gasteiger partial charge in [-0.3, -0.25) is 4.79 Å². The van der Waals surface area contributed by atoms with E-state index in [9.17, 15) is 4.79 Å². The van der Waals surface area contributed by atoms with Crippen molar-refractivity contribution in [2.45, 2.75) is 31.6 Å². The molecule has 3 nitrogen and oxygen atoms in total. The van der Waals surface area contributed by atoms with Crippen LogP contribution in [0.2, 0.25) is 0 Å². The van der Waals surface area contributed by atoms with Gasteiger partial charge in [-0.05, 0) is 18.1 Å². The number of hydrogen-bond acceptors (Lipinski definition) is 1. The molecular weight excluding hydrogens is 308 g/mol. The van der Waals surface area contributed by atoms with Crippen LogP contribution in [0.25, 0.3) is 0 Å². The van der Waals surface area contributed by atoms with E-state index in [-0.39, 0.29) is 5.91 Å². The zero-order chi connectivity index (χ0) is 17.8. The Morgan fingerprint density at radius 1 is 0.960 bits per heavy atom. The lowest BCUT2D eigenvalue weighted by Gasteiger charge is -2.38. The number of carbonyl (C=O) groups excluding carboxylic acids is 1. The Morgan fingerprint density at radius 3 is 1.84 bits per heavy atom. The fourth-order valence-corrected chi connectivity index (χ4v) is 4.42. The molecule has 1 heterocycles. The number of benzene rings is 2. The Labute approximate surface area is 151 Å². The lowest BCUT2D eigenvalue weighted by Crippen LogP contribution is -2.51. The molecule has 0 unspecified atom stereocenters. The van der Waals surface area contributed by atoms with Crippen LogP contribution in [0.4, 0.5) is 0 Å². The summed E-state index contributed by atoms with van der Waals surface area (Å²) >= 11 is 0. The monoisotopic (exact) mass is 337 g/mol. The third-order valence-corrected chi connectivity index (χ3v) is 6.10. The van der Waals surface area contributed by atoms with Crippen LogP contribution in [0.1, 0.15) is 37.3 Å². The third kappa shape index (κ3) is 3.34. The number of likely N-dealkylation sites (tertiary alicyclic amines) is 1. The number of quaternary nitrogens is 1. The second kappa shape index (κ2) is 7.40. The summed E-state index contributed by atoms with van der Waals surface area (Å²) in [5.41, 5.74) is 7.30. The predicted octanol–water partition coefficient (Wildman–Crippen LogP) is 3.48. The molecule has 1 saturated heterocycles. The quantitative estimate of drug-likeness (QED) is 0.772. The Hall–Kier alpha value is -2.13. The summed E-state index contributed by atoms with van der Waals surface area (Å²) in [6, 6.07) is 20.1. The van der Waals surface area contributed by atoms with E-state index in [1.807, 2.05) is 60.7 Å². The maximum Gasteiger partial charge on any atom is 0.232 e. The molecule has 2 aromatic rings. The van der Waals surface area contributed by atoms with Gasteiger partial charge in [-0.2, -0.15) is 0 Å². The Balaban J connectivity index is 2.03. The van der Waals surface area contributed by atoms with Gasteiger partial charge in [0.2, 0.25) is 5.91 Å². The molecule has 0 bridgehead atoms. The topological polar surface area (TPSA) is 43.1 Å². The molecule has 1 amide bonds. The summed E-state index contributed by atoms with van der Waals surface area (Å²) in [6.45, 7) is 6.81. The van der Waals surface area contributed by atoms with Crippen LogP contribution in [0.3, 0.4) is 0 Å². The maximum absolute atomic E-state index is 12.8. The molecule has 2 aromatic carbocycles. The molecule has 0 radical (unpaired) electrons. The molecule has 0 aromatic heterocycles. The predicted molar refractivity (Wildman–Crippen MR) is 102 cm³/mol. The molecule has 2 N–H and O–H groups in total. The highest BCUT2D eigenvalue weighted by Gasteiger charge is 2.43. The van der Waals surface area contributed by atoms with Crippen molar-refractivity contribution in [1.29, 1.82) is 0 Å². The third-order valence-electron chi connectivity index (χ3n) is 6.10. The number of carbonyl (C=O) groups is 1. The van der Waals surface area contributed by atoms with Gasteiger partial charge < -0.3 is 10.2 Å². The van der Waals surface area contributed by atoms with Crippen LogP contribution < -0.4 is 5.73 Å². The van der Waals surface area contributed by atoms with Gasteiger partial charge in [0, 0.05) is 19.3 Å². The van der Waals surface area contributed by atoms with E-state index >= 15 is 0 Å². The van der Waals surface area contributed by atoms with Crippen molar-refractivity contribution in [2.24, 2.45) is 5.73 Å². The van der Waals surface area contributed by atoms with Crippen LogP contribution in [-0.2, 0) is 10.2 Å². The van der Waals surface area contributed by atoms with E-state index in [1.54, 1.807) is 0 Å². The van der Waals surface area contributed by atoms with Crippen molar-refractivity contribution in [3.8, 4) is 0 Å². The molecule has 0 spiro atoms. The zero-order valence-electron chi connectivity index (χ0n) is 15.2. The molecular formula is C22H29N2O+. The maximum atomic E-state index is 12.8. The van der Waals surface area contributed by atoms with Crippen molar-refractivity contribution in [2.75, 3.05) is 26.2 Å². The van der Waals surface area contributed by atoms with Gasteiger partial charge in [0.25, 0.3) is 0 Å². The smallest absolute Gasteiger partial charge is 0.232 e. The highest BCUT2D eigenvalue weighted by Crippen LogP contribution is 2.37. The number of rotatable bonds is 7. The van der Waals surface area contributed by atoms with Crippen molar-refractivity contribution >= 4 is 5.91 Å². The summed E-state index contributed by atoms with van der Waals surface area (Å²) in [7, 11) is 0. The summed E-state index contributed by atoms with van der Waals surface area (Å²) in [5, 5.41) is 0. The molecule has 132 valence electrons. The lowest BCUT2D eigenvalue weighted by molar-refractivity contribution is -0.915. The molecule has 3 heteroatoms. The minimum absolute atomic E-state index is 0.252. The van der Waals surface area contributed by atoms with Gasteiger partial charge in [0.05, 0.1) is 26.2 Å². The van der Waals surface area contributed by atoms with E-state index in [2.05, 4.69) is 6.92 Å². The number of primary amides is 1. The highest BCUT2D eigenvalue weighted by molar-refractivity contribution is 5.90. The normalized spacial score (nSPS) is 16.7. The van der Waals surface area contributed by atoms with E-state index in [4.69, 9.17) is 5.73 Å². The van der Waals surface area contributed by atoms with Crippen molar-refractivity contribution < 1.29 is 9.28 Å². The van der Waals surface area contributed by atoms with E-state index in [0.29, 0.717) is 0 Å². The molecule has 1 aliphatic rings. The SMILES string of the molecule is CC[N+]1(CCC(C(N)=O)(c2ccccc2)c2ccccc2)CCCC1. The summed E-state index contributed by atoms with van der Waals surface area (Å²) in [6.07, 6.45) is 3.33. The Bertz CT molecular complexity index is 651. The number of amides is 1. The van der Waals surface area contributed by atoms with Crippen LogP contribution >= 0.6 is 0 Å². The van der Waals surface area contributed by atoms with Crippen LogP contribution in [0, 0.1) is 0 Å². The van der Waals surface area contributed by atoms with Gasteiger partial charge in [0.1, 0.15) is 5.41 Å². The van der Waals surface area contributed by atoms with Gasteiger partial charge >= 0.3 is 0 Å². The highest BCUT2D eigenvalue weighted by atomic mass is 16.1. The molecule has 1 fully saturated rings. The summed E-state index contributed by atoms with van der Waals surface area (Å²) in [5.74, 6) is -0.252. The molecule has 25 heavy (non-hydrogen) atoms. The number of nitrogens with two attached hydrogens (primary N) is 1. The molecule has 0 atom stereocenters. The van der Waals surface area contributed by atoms with Crippen molar-refractivity contribution in [1.82, 2.24) is 0 Å². The van der Waals surface area contributed by atoms with Crippen LogP contribution in [0.5, 0.6) is 0 Å². The molecule has 0 saturated carbocycles. The minimum Gasteiger partial charge on any atom is -0.369 e. The first-order chi connectivity index (χ1) is 12.1.